The third-order valence-corrected chi connectivity index (χ3v) is 4.36. The maximum absolute atomic E-state index is 12.4. The minimum absolute atomic E-state index is 0.103. The van der Waals surface area contributed by atoms with Crippen LogP contribution in [0.15, 0.2) is 0 Å². The maximum atomic E-state index is 12.4. The number of carbonyl (C=O) groups excluding carboxylic acids is 3. The molecule has 28 heavy (non-hydrogen) atoms. The smallest absolute Gasteiger partial charge is 0.318 e. The third-order valence-electron chi connectivity index (χ3n) is 4.36. The molecule has 0 radical (unpaired) electrons. The summed E-state index contributed by atoms with van der Waals surface area (Å²) in [7, 11) is 0. The maximum Gasteiger partial charge on any atom is 0.318 e. The van der Waals surface area contributed by atoms with Gasteiger partial charge in [0.25, 0.3) is 0 Å². The van der Waals surface area contributed by atoms with E-state index in [9.17, 15) is 34.8 Å². The van der Waals surface area contributed by atoms with Gasteiger partial charge >= 0.3 is 17.9 Å². The van der Waals surface area contributed by atoms with Crippen molar-refractivity contribution in [1.29, 1.82) is 0 Å². The first kappa shape index (κ1) is 26.2. The van der Waals surface area contributed by atoms with E-state index in [2.05, 4.69) is 0 Å². The zero-order valence-electron chi connectivity index (χ0n) is 16.9. The van der Waals surface area contributed by atoms with E-state index < -0.39 is 73.8 Å². The van der Waals surface area contributed by atoms with E-state index in [0.717, 1.165) is 0 Å². The van der Waals surface area contributed by atoms with E-state index in [1.807, 2.05) is 0 Å². The lowest BCUT2D eigenvalue weighted by atomic mass is 9.90. The molecule has 0 spiro atoms. The number of hydrogen-bond acceptors (Lipinski definition) is 10. The molecule has 0 atom stereocenters. The summed E-state index contributed by atoms with van der Waals surface area (Å²) in [6.45, 7) is 2.08. The SMILES string of the molecule is CCCOC(=O)C(C)(COC(=O)C(C)(CO)CO)COC(=O)C(C)(CO)CO. The average molecular weight is 408 g/mol. The highest BCUT2D eigenvalue weighted by Crippen LogP contribution is 2.25. The van der Waals surface area contributed by atoms with Crippen LogP contribution in [0.3, 0.4) is 0 Å². The second kappa shape index (κ2) is 11.3. The molecule has 0 aromatic rings. The van der Waals surface area contributed by atoms with Crippen molar-refractivity contribution in [2.24, 2.45) is 16.2 Å². The molecule has 0 saturated carbocycles. The van der Waals surface area contributed by atoms with E-state index in [1.54, 1.807) is 6.92 Å². The number of ether oxygens (including phenoxy) is 3. The number of carbonyl (C=O) groups is 3. The van der Waals surface area contributed by atoms with Crippen molar-refractivity contribution in [3.8, 4) is 0 Å². The lowest BCUT2D eigenvalue weighted by Gasteiger charge is -2.30. The van der Waals surface area contributed by atoms with Gasteiger partial charge in [0, 0.05) is 0 Å². The predicted molar refractivity (Wildman–Crippen MR) is 95.8 cm³/mol. The fourth-order valence-corrected chi connectivity index (χ4v) is 1.68. The van der Waals surface area contributed by atoms with Crippen LogP contribution in [0, 0.1) is 16.2 Å². The molecule has 0 bridgehead atoms. The molecule has 0 fully saturated rings. The predicted octanol–water partition coefficient (Wildman–Crippen LogP) is -0.986. The Labute approximate surface area is 164 Å². The number of aliphatic hydroxyl groups is 4. The first-order valence-electron chi connectivity index (χ1n) is 8.93. The molecular formula is C18H32O10. The summed E-state index contributed by atoms with van der Waals surface area (Å²) in [4.78, 5) is 36.7. The van der Waals surface area contributed by atoms with Crippen LogP contribution in [-0.2, 0) is 28.6 Å². The van der Waals surface area contributed by atoms with Crippen molar-refractivity contribution in [2.75, 3.05) is 46.2 Å². The van der Waals surface area contributed by atoms with Gasteiger partial charge in [-0.15, -0.1) is 0 Å². The number of esters is 3. The van der Waals surface area contributed by atoms with Crippen LogP contribution >= 0.6 is 0 Å². The van der Waals surface area contributed by atoms with Crippen LogP contribution in [0.5, 0.6) is 0 Å². The Morgan fingerprint density at radius 2 is 0.964 bits per heavy atom. The highest BCUT2D eigenvalue weighted by atomic mass is 16.6. The fourth-order valence-electron chi connectivity index (χ4n) is 1.68. The summed E-state index contributed by atoms with van der Waals surface area (Å²) in [5.74, 6) is -2.65. The Morgan fingerprint density at radius 1 is 0.643 bits per heavy atom. The summed E-state index contributed by atoms with van der Waals surface area (Å²) in [5, 5.41) is 37.0. The van der Waals surface area contributed by atoms with E-state index in [1.165, 1.54) is 20.8 Å². The fraction of sp³-hybridized carbons (Fsp3) is 0.833. The van der Waals surface area contributed by atoms with Gasteiger partial charge in [0.2, 0.25) is 0 Å². The summed E-state index contributed by atoms with van der Waals surface area (Å²) in [6, 6.07) is 0. The van der Waals surface area contributed by atoms with E-state index in [0.29, 0.717) is 6.42 Å². The van der Waals surface area contributed by atoms with E-state index >= 15 is 0 Å². The number of rotatable bonds is 13. The third kappa shape index (κ3) is 6.69. The molecule has 0 aliphatic rings. The molecule has 164 valence electrons. The molecule has 0 aromatic heterocycles. The Kier molecular flexibility index (Phi) is 10.6. The zero-order valence-corrected chi connectivity index (χ0v) is 16.9. The molecule has 0 aromatic carbocycles. The van der Waals surface area contributed by atoms with Gasteiger partial charge in [0.15, 0.2) is 0 Å². The molecule has 0 rings (SSSR count). The normalized spacial score (nSPS) is 12.4. The molecule has 10 nitrogen and oxygen atoms in total. The van der Waals surface area contributed by atoms with Gasteiger partial charge in [-0.1, -0.05) is 6.92 Å². The summed E-state index contributed by atoms with van der Waals surface area (Å²) < 4.78 is 15.2. The molecule has 0 aliphatic heterocycles. The van der Waals surface area contributed by atoms with Crippen molar-refractivity contribution < 1.29 is 49.0 Å². The topological polar surface area (TPSA) is 160 Å². The van der Waals surface area contributed by atoms with Crippen LogP contribution in [0.4, 0.5) is 0 Å². The Morgan fingerprint density at radius 3 is 1.25 bits per heavy atom. The van der Waals surface area contributed by atoms with Gasteiger partial charge < -0.3 is 34.6 Å². The molecule has 0 aliphatic carbocycles. The van der Waals surface area contributed by atoms with Crippen molar-refractivity contribution in [1.82, 2.24) is 0 Å². The number of hydrogen-bond donors (Lipinski definition) is 4. The molecule has 10 heteroatoms. The van der Waals surface area contributed by atoms with Crippen molar-refractivity contribution >= 4 is 17.9 Å². The van der Waals surface area contributed by atoms with Gasteiger partial charge in [-0.3, -0.25) is 14.4 Å². The minimum atomic E-state index is -1.57. The van der Waals surface area contributed by atoms with Gasteiger partial charge in [0.1, 0.15) is 29.5 Å². The largest absolute Gasteiger partial charge is 0.465 e. The summed E-state index contributed by atoms with van der Waals surface area (Å²) in [6.07, 6.45) is 0.543. The minimum Gasteiger partial charge on any atom is -0.465 e. The molecule has 0 unspecified atom stereocenters. The van der Waals surface area contributed by atoms with Crippen molar-refractivity contribution in [3.63, 3.8) is 0 Å². The standard InChI is InChI=1S/C18H32O10/c1-5-6-26-15(25)18(4,11-27-13(23)16(2,7-19)8-20)12-28-14(24)17(3,9-21)10-22/h19-22H,5-12H2,1-4H3. The van der Waals surface area contributed by atoms with Crippen LogP contribution in [0.2, 0.25) is 0 Å². The van der Waals surface area contributed by atoms with Crippen LogP contribution in [0.25, 0.3) is 0 Å². The van der Waals surface area contributed by atoms with Gasteiger partial charge in [0.05, 0.1) is 33.0 Å². The first-order valence-corrected chi connectivity index (χ1v) is 8.93. The van der Waals surface area contributed by atoms with Gasteiger partial charge in [-0.2, -0.15) is 0 Å². The molecule has 0 heterocycles. The second-order valence-corrected chi connectivity index (χ2v) is 7.60. The van der Waals surface area contributed by atoms with Gasteiger partial charge in [-0.25, -0.2) is 0 Å². The molecule has 0 amide bonds. The lowest BCUT2D eigenvalue weighted by molar-refractivity contribution is -0.179. The van der Waals surface area contributed by atoms with Crippen LogP contribution in [-0.4, -0.2) is 84.6 Å². The quantitative estimate of drug-likeness (QED) is 0.220. The van der Waals surface area contributed by atoms with E-state index in [4.69, 9.17) is 14.2 Å². The van der Waals surface area contributed by atoms with Gasteiger partial charge in [-0.05, 0) is 27.2 Å². The summed E-state index contributed by atoms with van der Waals surface area (Å²) >= 11 is 0. The van der Waals surface area contributed by atoms with Crippen molar-refractivity contribution in [2.45, 2.75) is 34.1 Å². The first-order chi connectivity index (χ1) is 13.0. The monoisotopic (exact) mass is 408 g/mol. The average Bonchev–Trinajstić information content (AvgIpc) is 2.72. The van der Waals surface area contributed by atoms with Crippen LogP contribution < -0.4 is 0 Å². The second-order valence-electron chi connectivity index (χ2n) is 7.60. The highest BCUT2D eigenvalue weighted by molar-refractivity contribution is 5.80. The highest BCUT2D eigenvalue weighted by Gasteiger charge is 2.43. The van der Waals surface area contributed by atoms with E-state index in [-0.39, 0.29) is 6.61 Å². The zero-order chi connectivity index (χ0) is 22.0. The summed E-state index contributed by atoms with van der Waals surface area (Å²) in [5.41, 5.74) is -4.69. The molecule has 0 saturated heterocycles. The van der Waals surface area contributed by atoms with Crippen LogP contribution in [0.1, 0.15) is 34.1 Å². The lowest BCUT2D eigenvalue weighted by Crippen LogP contribution is -2.45. The molecule has 4 N–H and O–H groups in total. The number of aliphatic hydroxyl groups excluding tert-OH is 4. The van der Waals surface area contributed by atoms with Crippen molar-refractivity contribution in [3.05, 3.63) is 0 Å². The Bertz CT molecular complexity index is 488. The molecular weight excluding hydrogens is 376 g/mol. The Balaban J connectivity index is 5.31. The Hall–Kier alpha value is -1.75.